The molecule has 1 aliphatic rings. The summed E-state index contributed by atoms with van der Waals surface area (Å²) in [7, 11) is 0. The van der Waals surface area contributed by atoms with E-state index in [9.17, 15) is 9.59 Å². The van der Waals surface area contributed by atoms with Crippen LogP contribution in [0.5, 0.6) is 5.75 Å². The molecule has 1 saturated carbocycles. The van der Waals surface area contributed by atoms with Crippen molar-refractivity contribution in [2.45, 2.75) is 45.6 Å². The third-order valence-electron chi connectivity index (χ3n) is 4.90. The molecule has 0 bridgehead atoms. The minimum Gasteiger partial charge on any atom is -0.493 e. The van der Waals surface area contributed by atoms with E-state index in [0.29, 0.717) is 19.4 Å². The third kappa shape index (κ3) is 5.84. The van der Waals surface area contributed by atoms with Crippen LogP contribution in [0, 0.1) is 12.8 Å². The highest BCUT2D eigenvalue weighted by atomic mass is 16.5. The van der Waals surface area contributed by atoms with Crippen molar-refractivity contribution in [2.75, 3.05) is 11.9 Å². The van der Waals surface area contributed by atoms with E-state index >= 15 is 0 Å². The molecule has 2 aromatic carbocycles. The normalized spacial score (nSPS) is 14.2. The number of hydrogen-bond donors (Lipinski definition) is 2. The van der Waals surface area contributed by atoms with Crippen molar-refractivity contribution in [3.63, 3.8) is 0 Å². The summed E-state index contributed by atoms with van der Waals surface area (Å²) in [5.74, 6) is 1.16. The first kappa shape index (κ1) is 19.9. The van der Waals surface area contributed by atoms with Gasteiger partial charge in [-0.3, -0.25) is 9.59 Å². The van der Waals surface area contributed by atoms with Gasteiger partial charge in [-0.25, -0.2) is 0 Å². The fraction of sp³-hybridized carbons (Fsp3) is 0.391. The van der Waals surface area contributed by atoms with Crippen LogP contribution in [0.25, 0.3) is 0 Å². The minimum atomic E-state index is -0.0852. The van der Waals surface area contributed by atoms with Crippen LogP contribution < -0.4 is 15.4 Å². The van der Waals surface area contributed by atoms with Gasteiger partial charge in [0, 0.05) is 18.0 Å². The van der Waals surface area contributed by atoms with E-state index in [4.69, 9.17) is 4.74 Å². The Kier molecular flexibility index (Phi) is 6.69. The number of carbonyl (C=O) groups is 2. The van der Waals surface area contributed by atoms with Gasteiger partial charge in [-0.15, -0.1) is 0 Å². The lowest BCUT2D eigenvalue weighted by Gasteiger charge is -2.15. The fourth-order valence-corrected chi connectivity index (χ4v) is 2.98. The summed E-state index contributed by atoms with van der Waals surface area (Å²) < 4.78 is 5.73. The molecule has 0 saturated heterocycles. The Bertz CT molecular complexity index is 813. The topological polar surface area (TPSA) is 67.4 Å². The molecule has 28 heavy (non-hydrogen) atoms. The lowest BCUT2D eigenvalue weighted by atomic mass is 10.1. The van der Waals surface area contributed by atoms with Gasteiger partial charge in [0.05, 0.1) is 12.6 Å². The first-order valence-corrected chi connectivity index (χ1v) is 9.91. The monoisotopic (exact) mass is 380 g/mol. The Labute approximate surface area is 166 Å². The maximum Gasteiger partial charge on any atom is 0.227 e. The predicted molar refractivity (Wildman–Crippen MR) is 110 cm³/mol. The molecule has 0 spiro atoms. The third-order valence-corrected chi connectivity index (χ3v) is 4.90. The van der Waals surface area contributed by atoms with Gasteiger partial charge in [-0.1, -0.05) is 30.3 Å². The van der Waals surface area contributed by atoms with Crippen LogP contribution >= 0.6 is 0 Å². The van der Waals surface area contributed by atoms with Crippen molar-refractivity contribution in [1.82, 2.24) is 5.32 Å². The molecule has 5 nitrogen and oxygen atoms in total. The minimum absolute atomic E-state index is 0.00648. The molecule has 1 atom stereocenters. The molecule has 2 amide bonds. The summed E-state index contributed by atoms with van der Waals surface area (Å²) in [5, 5.41) is 5.94. The molecule has 5 heteroatoms. The highest BCUT2D eigenvalue weighted by molar-refractivity contribution is 5.94. The molecule has 0 radical (unpaired) electrons. The van der Waals surface area contributed by atoms with Gasteiger partial charge in [0.1, 0.15) is 5.75 Å². The summed E-state index contributed by atoms with van der Waals surface area (Å²) in [6, 6.07) is 15.4. The van der Waals surface area contributed by atoms with Crippen molar-refractivity contribution < 1.29 is 14.3 Å². The van der Waals surface area contributed by atoms with Crippen LogP contribution in [0.15, 0.2) is 48.5 Å². The van der Waals surface area contributed by atoms with Crippen LogP contribution in [0.3, 0.4) is 0 Å². The number of carbonyl (C=O) groups excluding carboxylic acids is 2. The van der Waals surface area contributed by atoms with Gasteiger partial charge in [0.2, 0.25) is 11.8 Å². The van der Waals surface area contributed by atoms with Gasteiger partial charge in [-0.05, 0) is 62.4 Å². The molecular weight excluding hydrogens is 352 g/mol. The van der Waals surface area contributed by atoms with E-state index in [2.05, 4.69) is 10.6 Å². The van der Waals surface area contributed by atoms with E-state index in [1.807, 2.05) is 62.4 Å². The van der Waals surface area contributed by atoms with Crippen LogP contribution in [0.1, 0.15) is 49.8 Å². The summed E-state index contributed by atoms with van der Waals surface area (Å²) in [6.07, 6.45) is 3.07. The molecule has 0 heterocycles. The van der Waals surface area contributed by atoms with Crippen molar-refractivity contribution >= 4 is 17.5 Å². The number of amides is 2. The van der Waals surface area contributed by atoms with Crippen LogP contribution in [0.2, 0.25) is 0 Å². The molecule has 1 aliphatic carbocycles. The Balaban J connectivity index is 1.38. The van der Waals surface area contributed by atoms with E-state index in [0.717, 1.165) is 35.4 Å². The predicted octanol–water partition coefficient (Wildman–Crippen LogP) is 4.38. The summed E-state index contributed by atoms with van der Waals surface area (Å²) in [6.45, 7) is 4.48. The summed E-state index contributed by atoms with van der Waals surface area (Å²) >= 11 is 0. The standard InChI is InChI=1S/C23H28N2O3/c1-16-6-3-4-7-21(16)28-15-5-8-22(26)24-17(2)18-11-13-20(14-12-18)25-23(27)19-9-10-19/h3-4,6-7,11-14,17,19H,5,8-10,15H2,1-2H3,(H,24,26)(H,25,27). The van der Waals surface area contributed by atoms with Crippen molar-refractivity contribution in [1.29, 1.82) is 0 Å². The second-order valence-electron chi connectivity index (χ2n) is 7.39. The maximum atomic E-state index is 12.2. The Morgan fingerprint density at radius 1 is 1.11 bits per heavy atom. The van der Waals surface area contributed by atoms with Gasteiger partial charge < -0.3 is 15.4 Å². The van der Waals surface area contributed by atoms with Crippen LogP contribution in [0.4, 0.5) is 5.69 Å². The van der Waals surface area contributed by atoms with E-state index in [-0.39, 0.29) is 23.8 Å². The van der Waals surface area contributed by atoms with Crippen LogP contribution in [-0.2, 0) is 9.59 Å². The molecule has 148 valence electrons. The first-order chi connectivity index (χ1) is 13.5. The van der Waals surface area contributed by atoms with Crippen molar-refractivity contribution in [3.05, 3.63) is 59.7 Å². The lowest BCUT2D eigenvalue weighted by Crippen LogP contribution is -2.26. The molecular formula is C23H28N2O3. The second-order valence-corrected chi connectivity index (χ2v) is 7.39. The molecule has 2 aromatic rings. The summed E-state index contributed by atoms with van der Waals surface area (Å²) in [4.78, 5) is 24.0. The second kappa shape index (κ2) is 9.40. The molecule has 1 unspecified atom stereocenters. The SMILES string of the molecule is Cc1ccccc1OCCCC(=O)NC(C)c1ccc(NC(=O)C2CC2)cc1. The Morgan fingerprint density at radius 3 is 2.50 bits per heavy atom. The van der Waals surface area contributed by atoms with E-state index in [1.54, 1.807) is 0 Å². The zero-order valence-corrected chi connectivity index (χ0v) is 16.5. The van der Waals surface area contributed by atoms with E-state index < -0.39 is 0 Å². The maximum absolute atomic E-state index is 12.2. The number of nitrogens with one attached hydrogen (secondary N) is 2. The van der Waals surface area contributed by atoms with E-state index in [1.165, 1.54) is 0 Å². The number of para-hydroxylation sites is 1. The number of ether oxygens (including phenoxy) is 1. The highest BCUT2D eigenvalue weighted by Crippen LogP contribution is 2.30. The van der Waals surface area contributed by atoms with Crippen molar-refractivity contribution in [3.8, 4) is 5.75 Å². The summed E-state index contributed by atoms with van der Waals surface area (Å²) in [5.41, 5.74) is 2.90. The molecule has 0 aliphatic heterocycles. The smallest absolute Gasteiger partial charge is 0.227 e. The van der Waals surface area contributed by atoms with Gasteiger partial charge in [0.15, 0.2) is 0 Å². The van der Waals surface area contributed by atoms with Gasteiger partial charge in [-0.2, -0.15) is 0 Å². The van der Waals surface area contributed by atoms with Crippen LogP contribution in [-0.4, -0.2) is 18.4 Å². The van der Waals surface area contributed by atoms with Crippen molar-refractivity contribution in [2.24, 2.45) is 5.92 Å². The first-order valence-electron chi connectivity index (χ1n) is 9.91. The lowest BCUT2D eigenvalue weighted by molar-refractivity contribution is -0.122. The zero-order valence-electron chi connectivity index (χ0n) is 16.5. The zero-order chi connectivity index (χ0) is 19.9. The molecule has 1 fully saturated rings. The highest BCUT2D eigenvalue weighted by Gasteiger charge is 2.29. The molecule has 0 aromatic heterocycles. The quantitative estimate of drug-likeness (QED) is 0.635. The Hall–Kier alpha value is -2.82. The molecule has 3 rings (SSSR count). The fourth-order valence-electron chi connectivity index (χ4n) is 2.98. The Morgan fingerprint density at radius 2 is 1.82 bits per heavy atom. The number of benzene rings is 2. The number of hydrogen-bond acceptors (Lipinski definition) is 3. The van der Waals surface area contributed by atoms with Gasteiger partial charge in [0.25, 0.3) is 0 Å². The molecule has 2 N–H and O–H groups in total. The number of aryl methyl sites for hydroxylation is 1. The number of anilines is 1. The largest absolute Gasteiger partial charge is 0.493 e. The number of rotatable bonds is 9. The average molecular weight is 380 g/mol. The van der Waals surface area contributed by atoms with Gasteiger partial charge >= 0.3 is 0 Å². The average Bonchev–Trinajstić information content (AvgIpc) is 3.52.